The summed E-state index contributed by atoms with van der Waals surface area (Å²) in [4.78, 5) is 30.8. The molecule has 0 fully saturated rings. The third kappa shape index (κ3) is 3.53. The maximum atomic E-state index is 12.2. The lowest BCUT2D eigenvalue weighted by molar-refractivity contribution is 0.409. The summed E-state index contributed by atoms with van der Waals surface area (Å²) in [5.41, 5.74) is 0.162. The van der Waals surface area contributed by atoms with E-state index in [-0.39, 0.29) is 24.0 Å². The van der Waals surface area contributed by atoms with Crippen molar-refractivity contribution >= 4 is 5.71 Å². The molecule has 0 aliphatic heterocycles. The summed E-state index contributed by atoms with van der Waals surface area (Å²) < 4.78 is 1.06. The first-order valence-electron chi connectivity index (χ1n) is 7.78. The van der Waals surface area contributed by atoms with E-state index >= 15 is 0 Å². The first kappa shape index (κ1) is 17.5. The van der Waals surface area contributed by atoms with Gasteiger partial charge in [-0.2, -0.15) is 0 Å². The SMILES string of the molecule is C=CCn1c(O)c(C(CC)=N[C@@H](C)c2ccccc2)c(=O)[nH]c1=O. The molecule has 24 heavy (non-hydrogen) atoms. The van der Waals surface area contributed by atoms with Crippen LogP contribution in [0, 0.1) is 0 Å². The van der Waals surface area contributed by atoms with Crippen molar-refractivity contribution in [2.75, 3.05) is 0 Å². The molecule has 0 amide bonds. The maximum Gasteiger partial charge on any atom is 0.331 e. The van der Waals surface area contributed by atoms with Gasteiger partial charge in [-0.15, -0.1) is 6.58 Å². The monoisotopic (exact) mass is 327 g/mol. The molecule has 0 aliphatic carbocycles. The quantitative estimate of drug-likeness (QED) is 0.631. The van der Waals surface area contributed by atoms with E-state index in [1.165, 1.54) is 6.08 Å². The summed E-state index contributed by atoms with van der Waals surface area (Å²) in [5.74, 6) is -0.385. The number of H-pyrrole nitrogens is 1. The fourth-order valence-electron chi connectivity index (χ4n) is 2.49. The van der Waals surface area contributed by atoms with Crippen molar-refractivity contribution in [2.24, 2.45) is 4.99 Å². The predicted molar refractivity (Wildman–Crippen MR) is 94.9 cm³/mol. The van der Waals surface area contributed by atoms with E-state index < -0.39 is 11.2 Å². The topological polar surface area (TPSA) is 87.4 Å². The Labute approximate surface area is 139 Å². The van der Waals surface area contributed by atoms with Gasteiger partial charge in [0.1, 0.15) is 5.56 Å². The highest BCUT2D eigenvalue weighted by atomic mass is 16.3. The summed E-state index contributed by atoms with van der Waals surface area (Å²) in [6, 6.07) is 9.47. The van der Waals surface area contributed by atoms with E-state index in [0.29, 0.717) is 12.1 Å². The predicted octanol–water partition coefficient (Wildman–Crippen LogP) is 2.39. The number of nitrogens with zero attached hydrogens (tertiary/aromatic N) is 2. The molecular formula is C18H21N3O3. The number of aliphatic imine (C=N–C) groups is 1. The largest absolute Gasteiger partial charge is 0.494 e. The number of rotatable bonds is 6. The lowest BCUT2D eigenvalue weighted by Gasteiger charge is -2.13. The molecular weight excluding hydrogens is 306 g/mol. The molecule has 6 heteroatoms. The molecule has 0 spiro atoms. The fourth-order valence-corrected chi connectivity index (χ4v) is 2.49. The molecule has 1 atom stereocenters. The van der Waals surface area contributed by atoms with E-state index in [0.717, 1.165) is 10.1 Å². The van der Waals surface area contributed by atoms with Crippen LogP contribution in [0.5, 0.6) is 5.88 Å². The Morgan fingerprint density at radius 1 is 1.38 bits per heavy atom. The van der Waals surface area contributed by atoms with Crippen molar-refractivity contribution in [1.29, 1.82) is 0 Å². The van der Waals surface area contributed by atoms with E-state index in [1.54, 1.807) is 0 Å². The van der Waals surface area contributed by atoms with Crippen LogP contribution in [-0.2, 0) is 6.54 Å². The summed E-state index contributed by atoms with van der Waals surface area (Å²) >= 11 is 0. The minimum Gasteiger partial charge on any atom is -0.494 e. The number of aromatic nitrogens is 2. The second-order valence-corrected chi connectivity index (χ2v) is 5.37. The van der Waals surface area contributed by atoms with Gasteiger partial charge in [-0.3, -0.25) is 19.3 Å². The number of nitrogens with one attached hydrogen (secondary N) is 1. The van der Waals surface area contributed by atoms with Crippen molar-refractivity contribution in [3.63, 3.8) is 0 Å². The Hall–Kier alpha value is -2.89. The van der Waals surface area contributed by atoms with E-state index in [4.69, 9.17) is 0 Å². The van der Waals surface area contributed by atoms with Crippen LogP contribution in [0.3, 0.4) is 0 Å². The van der Waals surface area contributed by atoms with Gasteiger partial charge in [-0.25, -0.2) is 4.79 Å². The van der Waals surface area contributed by atoms with Gasteiger partial charge in [0.05, 0.1) is 11.8 Å². The lowest BCUT2D eigenvalue weighted by atomic mass is 10.1. The molecule has 0 radical (unpaired) electrons. The van der Waals surface area contributed by atoms with Crippen LogP contribution in [0.1, 0.15) is 37.4 Å². The third-order valence-corrected chi connectivity index (χ3v) is 3.74. The number of hydrogen-bond acceptors (Lipinski definition) is 4. The van der Waals surface area contributed by atoms with Crippen molar-refractivity contribution in [1.82, 2.24) is 9.55 Å². The summed E-state index contributed by atoms with van der Waals surface area (Å²) in [7, 11) is 0. The summed E-state index contributed by atoms with van der Waals surface area (Å²) in [5, 5.41) is 10.4. The maximum absolute atomic E-state index is 12.2. The highest BCUT2D eigenvalue weighted by molar-refractivity contribution is 6.02. The first-order chi connectivity index (χ1) is 11.5. The Bertz CT molecular complexity index is 863. The third-order valence-electron chi connectivity index (χ3n) is 3.74. The molecule has 0 aliphatic rings. The van der Waals surface area contributed by atoms with Crippen LogP contribution in [-0.4, -0.2) is 20.4 Å². The smallest absolute Gasteiger partial charge is 0.331 e. The Morgan fingerprint density at radius 2 is 2.04 bits per heavy atom. The first-order valence-corrected chi connectivity index (χ1v) is 7.78. The average Bonchev–Trinajstić information content (AvgIpc) is 2.58. The van der Waals surface area contributed by atoms with Gasteiger partial charge in [-0.1, -0.05) is 43.3 Å². The summed E-state index contributed by atoms with van der Waals surface area (Å²) in [6.45, 7) is 7.41. The van der Waals surface area contributed by atoms with Gasteiger partial charge < -0.3 is 5.11 Å². The normalized spacial score (nSPS) is 12.8. The molecule has 0 unspecified atom stereocenters. The molecule has 0 saturated carbocycles. The van der Waals surface area contributed by atoms with Gasteiger partial charge in [0.2, 0.25) is 5.88 Å². The van der Waals surface area contributed by atoms with Crippen molar-refractivity contribution in [3.05, 3.63) is 75.0 Å². The van der Waals surface area contributed by atoms with Crippen LogP contribution in [0.4, 0.5) is 0 Å². The van der Waals surface area contributed by atoms with Gasteiger partial charge in [0.15, 0.2) is 0 Å². The van der Waals surface area contributed by atoms with Crippen LogP contribution in [0.25, 0.3) is 0 Å². The van der Waals surface area contributed by atoms with Gasteiger partial charge in [0.25, 0.3) is 5.56 Å². The van der Waals surface area contributed by atoms with Gasteiger partial charge >= 0.3 is 5.69 Å². The lowest BCUT2D eigenvalue weighted by Crippen LogP contribution is -2.33. The van der Waals surface area contributed by atoms with Gasteiger partial charge in [0, 0.05) is 6.54 Å². The number of benzene rings is 1. The van der Waals surface area contributed by atoms with E-state index in [9.17, 15) is 14.7 Å². The molecule has 0 saturated heterocycles. The zero-order valence-corrected chi connectivity index (χ0v) is 13.8. The Morgan fingerprint density at radius 3 is 2.62 bits per heavy atom. The van der Waals surface area contributed by atoms with Crippen molar-refractivity contribution in [2.45, 2.75) is 32.9 Å². The van der Waals surface area contributed by atoms with E-state index in [2.05, 4.69) is 16.6 Å². The second-order valence-electron chi connectivity index (χ2n) is 5.37. The number of hydrogen-bond donors (Lipinski definition) is 2. The number of aromatic amines is 1. The molecule has 2 rings (SSSR count). The highest BCUT2D eigenvalue weighted by Crippen LogP contribution is 2.20. The zero-order valence-electron chi connectivity index (χ0n) is 13.8. The average molecular weight is 327 g/mol. The summed E-state index contributed by atoms with van der Waals surface area (Å²) in [6.07, 6.45) is 1.92. The molecule has 6 nitrogen and oxygen atoms in total. The Kier molecular flexibility index (Phi) is 5.52. The van der Waals surface area contributed by atoms with Crippen molar-refractivity contribution in [3.8, 4) is 5.88 Å². The molecule has 126 valence electrons. The minimum atomic E-state index is -0.673. The Balaban J connectivity index is 2.57. The zero-order chi connectivity index (χ0) is 17.7. The van der Waals surface area contributed by atoms with Crippen LogP contribution >= 0.6 is 0 Å². The second kappa shape index (κ2) is 7.59. The highest BCUT2D eigenvalue weighted by Gasteiger charge is 2.18. The van der Waals surface area contributed by atoms with Crippen LogP contribution in [0.15, 0.2) is 57.6 Å². The van der Waals surface area contributed by atoms with Crippen LogP contribution in [0.2, 0.25) is 0 Å². The molecule has 2 aromatic rings. The van der Waals surface area contributed by atoms with Crippen LogP contribution < -0.4 is 11.2 Å². The van der Waals surface area contributed by atoms with Gasteiger partial charge in [-0.05, 0) is 18.9 Å². The molecule has 1 aromatic heterocycles. The number of allylic oxidation sites excluding steroid dienone is 1. The molecule has 2 N–H and O–H groups in total. The molecule has 1 heterocycles. The molecule has 0 bridgehead atoms. The molecule has 1 aromatic carbocycles. The minimum absolute atomic E-state index is 0.0294. The van der Waals surface area contributed by atoms with E-state index in [1.807, 2.05) is 44.2 Å². The van der Waals surface area contributed by atoms with Crippen molar-refractivity contribution < 1.29 is 5.11 Å². The number of aromatic hydroxyl groups is 1. The standard InChI is InChI=1S/C18H21N3O3/c1-4-11-21-17(23)15(16(22)20-18(21)24)14(5-2)19-12(3)13-9-7-6-8-10-13/h4,6-10,12,23H,1,5,11H2,2-3H3,(H,20,22,24)/t12-/m0/s1. The fraction of sp³-hybridized carbons (Fsp3) is 0.278.